The van der Waals surface area contributed by atoms with Crippen LogP contribution in [0.1, 0.15) is 46.1 Å². The van der Waals surface area contributed by atoms with Gasteiger partial charge in [0.15, 0.2) is 0 Å². The van der Waals surface area contributed by atoms with E-state index >= 15 is 0 Å². The fourth-order valence-corrected chi connectivity index (χ4v) is 3.57. The molecule has 1 aromatic heterocycles. The summed E-state index contributed by atoms with van der Waals surface area (Å²) in [5.74, 6) is -2.10. The van der Waals surface area contributed by atoms with Crippen LogP contribution in [0.15, 0.2) is 54.7 Å². The van der Waals surface area contributed by atoms with Gasteiger partial charge in [0.2, 0.25) is 0 Å². The SMILES string of the molecule is O=C(N[C@H]1CCCc2c1cnn2Cc1ccccc1)c1ccc(F)cc1F. The van der Waals surface area contributed by atoms with Gasteiger partial charge in [-0.05, 0) is 37.0 Å². The molecular formula is C21H19F2N3O. The fourth-order valence-electron chi connectivity index (χ4n) is 3.57. The van der Waals surface area contributed by atoms with Gasteiger partial charge in [0, 0.05) is 17.3 Å². The van der Waals surface area contributed by atoms with E-state index in [0.29, 0.717) is 6.54 Å². The minimum atomic E-state index is -0.858. The quantitative estimate of drug-likeness (QED) is 0.757. The van der Waals surface area contributed by atoms with E-state index < -0.39 is 17.5 Å². The molecule has 0 saturated carbocycles. The Morgan fingerprint density at radius 3 is 2.78 bits per heavy atom. The third kappa shape index (κ3) is 3.60. The molecule has 1 aliphatic carbocycles. The molecule has 1 atom stereocenters. The lowest BCUT2D eigenvalue weighted by atomic mass is 9.92. The summed E-state index contributed by atoms with van der Waals surface area (Å²) in [4.78, 5) is 12.5. The standard InChI is InChI=1S/C21H19F2N3O/c22-15-9-10-16(18(23)11-15)21(27)25-19-7-4-8-20-17(19)12-24-26(20)13-14-5-2-1-3-6-14/h1-3,5-6,9-12,19H,4,7-8,13H2,(H,25,27)/t19-/m0/s1. The normalized spacial score (nSPS) is 16.0. The molecule has 0 fully saturated rings. The third-order valence-electron chi connectivity index (χ3n) is 4.92. The summed E-state index contributed by atoms with van der Waals surface area (Å²) in [5, 5.41) is 7.37. The van der Waals surface area contributed by atoms with Gasteiger partial charge in [-0.1, -0.05) is 30.3 Å². The first-order valence-electron chi connectivity index (χ1n) is 8.96. The molecule has 1 N–H and O–H groups in total. The minimum absolute atomic E-state index is 0.153. The maximum atomic E-state index is 13.9. The van der Waals surface area contributed by atoms with Crippen molar-refractivity contribution in [3.8, 4) is 0 Å². The van der Waals surface area contributed by atoms with E-state index in [1.807, 2.05) is 35.0 Å². The molecule has 0 unspecified atom stereocenters. The molecule has 0 aliphatic heterocycles. The molecule has 138 valence electrons. The monoisotopic (exact) mass is 367 g/mol. The number of amides is 1. The molecule has 1 amide bonds. The van der Waals surface area contributed by atoms with E-state index in [0.717, 1.165) is 48.2 Å². The highest BCUT2D eigenvalue weighted by Crippen LogP contribution is 2.30. The van der Waals surface area contributed by atoms with Crippen LogP contribution in [0, 0.1) is 11.6 Å². The van der Waals surface area contributed by atoms with Crippen molar-refractivity contribution in [3.63, 3.8) is 0 Å². The van der Waals surface area contributed by atoms with Crippen molar-refractivity contribution in [2.45, 2.75) is 31.8 Å². The molecule has 0 saturated heterocycles. The van der Waals surface area contributed by atoms with Crippen LogP contribution in [-0.2, 0) is 13.0 Å². The number of nitrogens with zero attached hydrogens (tertiary/aromatic N) is 2. The van der Waals surface area contributed by atoms with E-state index in [9.17, 15) is 13.6 Å². The molecule has 3 aromatic rings. The van der Waals surface area contributed by atoms with Crippen molar-refractivity contribution in [2.24, 2.45) is 0 Å². The number of carbonyl (C=O) groups excluding carboxylic acids is 1. The summed E-state index contributed by atoms with van der Waals surface area (Å²) >= 11 is 0. The second-order valence-corrected chi connectivity index (χ2v) is 6.73. The zero-order valence-electron chi connectivity index (χ0n) is 14.7. The predicted molar refractivity (Wildman–Crippen MR) is 97.3 cm³/mol. The fraction of sp³-hybridized carbons (Fsp3) is 0.238. The lowest BCUT2D eigenvalue weighted by Gasteiger charge is -2.24. The Morgan fingerprint density at radius 1 is 1.19 bits per heavy atom. The van der Waals surface area contributed by atoms with Crippen LogP contribution in [0.5, 0.6) is 0 Å². The molecule has 4 nitrogen and oxygen atoms in total. The lowest BCUT2D eigenvalue weighted by molar-refractivity contribution is 0.0928. The van der Waals surface area contributed by atoms with E-state index in [1.165, 1.54) is 6.07 Å². The highest BCUT2D eigenvalue weighted by atomic mass is 19.1. The maximum Gasteiger partial charge on any atom is 0.254 e. The number of hydrogen-bond donors (Lipinski definition) is 1. The van der Waals surface area contributed by atoms with Gasteiger partial charge in [-0.15, -0.1) is 0 Å². The van der Waals surface area contributed by atoms with Crippen LogP contribution in [0.4, 0.5) is 8.78 Å². The van der Waals surface area contributed by atoms with Crippen molar-refractivity contribution in [3.05, 3.63) is 88.7 Å². The van der Waals surface area contributed by atoms with Crippen LogP contribution in [0.2, 0.25) is 0 Å². The summed E-state index contributed by atoms with van der Waals surface area (Å²) in [6.45, 7) is 0.670. The Bertz CT molecular complexity index is 969. The summed E-state index contributed by atoms with van der Waals surface area (Å²) in [6.07, 6.45) is 4.34. The first-order valence-corrected chi connectivity index (χ1v) is 8.96. The molecule has 2 aromatic carbocycles. The number of aromatic nitrogens is 2. The molecule has 27 heavy (non-hydrogen) atoms. The van der Waals surface area contributed by atoms with E-state index in [-0.39, 0.29) is 11.6 Å². The van der Waals surface area contributed by atoms with Gasteiger partial charge in [-0.3, -0.25) is 9.48 Å². The van der Waals surface area contributed by atoms with Gasteiger partial charge in [0.05, 0.1) is 24.3 Å². The number of fused-ring (bicyclic) bond motifs is 1. The first kappa shape index (κ1) is 17.4. The number of hydrogen-bond acceptors (Lipinski definition) is 2. The van der Waals surface area contributed by atoms with Gasteiger partial charge >= 0.3 is 0 Å². The highest BCUT2D eigenvalue weighted by Gasteiger charge is 2.26. The maximum absolute atomic E-state index is 13.9. The Hall–Kier alpha value is -3.02. The topological polar surface area (TPSA) is 46.9 Å². The molecule has 0 spiro atoms. The largest absolute Gasteiger partial charge is 0.345 e. The lowest BCUT2D eigenvalue weighted by Crippen LogP contribution is -2.31. The average Bonchev–Trinajstić information content (AvgIpc) is 3.06. The second kappa shape index (κ2) is 7.31. The Labute approximate surface area is 155 Å². The van der Waals surface area contributed by atoms with E-state index in [1.54, 1.807) is 6.20 Å². The molecule has 1 heterocycles. The van der Waals surface area contributed by atoms with Crippen molar-refractivity contribution >= 4 is 5.91 Å². The number of benzene rings is 2. The van der Waals surface area contributed by atoms with Crippen molar-refractivity contribution in [1.82, 2.24) is 15.1 Å². The Morgan fingerprint density at radius 2 is 2.00 bits per heavy atom. The van der Waals surface area contributed by atoms with Crippen LogP contribution in [0.25, 0.3) is 0 Å². The summed E-state index contributed by atoms with van der Waals surface area (Å²) in [7, 11) is 0. The van der Waals surface area contributed by atoms with Crippen LogP contribution in [-0.4, -0.2) is 15.7 Å². The van der Waals surface area contributed by atoms with Crippen LogP contribution in [0.3, 0.4) is 0 Å². The van der Waals surface area contributed by atoms with Gasteiger partial charge in [-0.25, -0.2) is 8.78 Å². The summed E-state index contributed by atoms with van der Waals surface area (Å²) in [5.41, 5.74) is 3.06. The number of halogens is 2. The molecule has 4 rings (SSSR count). The van der Waals surface area contributed by atoms with Gasteiger partial charge in [0.1, 0.15) is 11.6 Å². The third-order valence-corrected chi connectivity index (χ3v) is 4.92. The molecule has 6 heteroatoms. The predicted octanol–water partition coefficient (Wildman–Crippen LogP) is 4.02. The van der Waals surface area contributed by atoms with Crippen LogP contribution >= 0.6 is 0 Å². The zero-order valence-corrected chi connectivity index (χ0v) is 14.7. The Kier molecular flexibility index (Phi) is 4.71. The van der Waals surface area contributed by atoms with E-state index in [2.05, 4.69) is 10.4 Å². The highest BCUT2D eigenvalue weighted by molar-refractivity contribution is 5.94. The van der Waals surface area contributed by atoms with Gasteiger partial charge < -0.3 is 5.32 Å². The van der Waals surface area contributed by atoms with E-state index in [4.69, 9.17) is 0 Å². The average molecular weight is 367 g/mol. The molecular weight excluding hydrogens is 348 g/mol. The minimum Gasteiger partial charge on any atom is -0.345 e. The smallest absolute Gasteiger partial charge is 0.254 e. The number of carbonyl (C=O) groups is 1. The Balaban J connectivity index is 1.54. The van der Waals surface area contributed by atoms with Gasteiger partial charge in [-0.2, -0.15) is 5.10 Å². The number of nitrogens with one attached hydrogen (secondary N) is 1. The first-order chi connectivity index (χ1) is 13.1. The van der Waals surface area contributed by atoms with Crippen molar-refractivity contribution < 1.29 is 13.6 Å². The second-order valence-electron chi connectivity index (χ2n) is 6.73. The summed E-state index contributed by atoms with van der Waals surface area (Å²) < 4.78 is 28.9. The van der Waals surface area contributed by atoms with Crippen molar-refractivity contribution in [2.75, 3.05) is 0 Å². The summed E-state index contributed by atoms with van der Waals surface area (Å²) in [6, 6.07) is 12.8. The molecule has 0 radical (unpaired) electrons. The van der Waals surface area contributed by atoms with Crippen LogP contribution < -0.4 is 5.32 Å². The zero-order chi connectivity index (χ0) is 18.8. The van der Waals surface area contributed by atoms with Crippen molar-refractivity contribution in [1.29, 1.82) is 0 Å². The molecule has 0 bridgehead atoms. The molecule has 1 aliphatic rings. The number of rotatable bonds is 4. The van der Waals surface area contributed by atoms with Gasteiger partial charge in [0.25, 0.3) is 5.91 Å².